The van der Waals surface area contributed by atoms with Crippen molar-refractivity contribution in [3.8, 4) is 0 Å². The Morgan fingerprint density at radius 1 is 1.24 bits per heavy atom. The average molecular weight is 366 g/mol. The maximum atomic E-state index is 13.0. The number of nitrogens with zero attached hydrogens (tertiary/aromatic N) is 2. The van der Waals surface area contributed by atoms with Crippen molar-refractivity contribution in [2.24, 2.45) is 0 Å². The van der Waals surface area contributed by atoms with Gasteiger partial charge in [-0.25, -0.2) is 4.79 Å². The molecule has 2 aliphatic heterocycles. The van der Waals surface area contributed by atoms with Gasteiger partial charge in [0.25, 0.3) is 5.91 Å². The van der Waals surface area contributed by atoms with Crippen LogP contribution in [0, 0.1) is 0 Å². The van der Waals surface area contributed by atoms with E-state index in [1.54, 1.807) is 29.2 Å². The molecular formula is C17H20ClN3O4. The normalized spacial score (nSPS) is 23.8. The lowest BCUT2D eigenvalue weighted by Crippen LogP contribution is -2.48. The van der Waals surface area contributed by atoms with Gasteiger partial charge in [0, 0.05) is 18.1 Å². The van der Waals surface area contributed by atoms with Crippen molar-refractivity contribution in [1.29, 1.82) is 0 Å². The molecule has 2 heterocycles. The van der Waals surface area contributed by atoms with Gasteiger partial charge in [-0.1, -0.05) is 30.7 Å². The van der Waals surface area contributed by atoms with E-state index in [0.717, 1.165) is 4.90 Å². The average Bonchev–Trinajstić information content (AvgIpc) is 2.88. The molecule has 0 spiro atoms. The van der Waals surface area contributed by atoms with Crippen LogP contribution in [0.5, 0.6) is 0 Å². The Morgan fingerprint density at radius 3 is 2.48 bits per heavy atom. The van der Waals surface area contributed by atoms with Crippen LogP contribution in [0.25, 0.3) is 0 Å². The minimum absolute atomic E-state index is 0.255. The highest BCUT2D eigenvalue weighted by Crippen LogP contribution is 2.33. The van der Waals surface area contributed by atoms with Crippen molar-refractivity contribution < 1.29 is 19.1 Å². The van der Waals surface area contributed by atoms with E-state index in [1.165, 1.54) is 0 Å². The summed E-state index contributed by atoms with van der Waals surface area (Å²) in [6.07, 6.45) is 0.376. The molecule has 1 aromatic carbocycles. The first kappa shape index (κ1) is 17.7. The smallest absolute Gasteiger partial charge is 0.325 e. The lowest BCUT2D eigenvalue weighted by Gasteiger charge is -2.29. The molecule has 1 atom stereocenters. The number of hydrogen-bond acceptors (Lipinski definition) is 4. The number of carbonyl (C=O) groups is 3. The first-order valence-corrected chi connectivity index (χ1v) is 8.61. The summed E-state index contributed by atoms with van der Waals surface area (Å²) in [6.45, 7) is 3.43. The fourth-order valence-corrected chi connectivity index (χ4v) is 3.32. The highest BCUT2D eigenvalue weighted by molar-refractivity contribution is 6.30. The van der Waals surface area contributed by atoms with Gasteiger partial charge in [0.1, 0.15) is 12.1 Å². The molecule has 4 amide bonds. The van der Waals surface area contributed by atoms with E-state index >= 15 is 0 Å². The molecule has 2 aliphatic rings. The zero-order valence-electron chi connectivity index (χ0n) is 14.0. The van der Waals surface area contributed by atoms with Crippen LogP contribution in [0.1, 0.15) is 18.9 Å². The van der Waals surface area contributed by atoms with Gasteiger partial charge in [0.2, 0.25) is 5.91 Å². The third-order valence-electron chi connectivity index (χ3n) is 4.70. The van der Waals surface area contributed by atoms with Crippen molar-refractivity contribution in [2.75, 3.05) is 32.8 Å². The molecule has 2 fully saturated rings. The Hall–Kier alpha value is -2.12. The molecule has 134 valence electrons. The van der Waals surface area contributed by atoms with E-state index in [2.05, 4.69) is 5.32 Å². The number of carbonyl (C=O) groups excluding carboxylic acids is 3. The molecular weight excluding hydrogens is 346 g/mol. The number of morpholine rings is 1. The number of amides is 4. The highest BCUT2D eigenvalue weighted by atomic mass is 35.5. The molecule has 1 aromatic rings. The molecule has 1 N–H and O–H groups in total. The predicted molar refractivity (Wildman–Crippen MR) is 91.1 cm³/mol. The van der Waals surface area contributed by atoms with E-state index in [0.29, 0.717) is 43.3 Å². The van der Waals surface area contributed by atoms with Crippen molar-refractivity contribution in [3.05, 3.63) is 34.9 Å². The van der Waals surface area contributed by atoms with Crippen LogP contribution in [0.2, 0.25) is 5.02 Å². The zero-order valence-corrected chi connectivity index (χ0v) is 14.7. The summed E-state index contributed by atoms with van der Waals surface area (Å²) in [5.41, 5.74) is -0.508. The van der Waals surface area contributed by atoms with Crippen molar-refractivity contribution in [2.45, 2.75) is 18.9 Å². The Kier molecular flexibility index (Phi) is 4.96. The molecule has 2 saturated heterocycles. The van der Waals surface area contributed by atoms with Gasteiger partial charge in [-0.3, -0.25) is 14.5 Å². The number of halogens is 1. The van der Waals surface area contributed by atoms with Gasteiger partial charge in [-0.05, 0) is 24.1 Å². The second-order valence-corrected chi connectivity index (χ2v) is 6.52. The van der Waals surface area contributed by atoms with Gasteiger partial charge in [0.15, 0.2) is 0 Å². The summed E-state index contributed by atoms with van der Waals surface area (Å²) in [5.74, 6) is -0.668. The predicted octanol–water partition coefficient (Wildman–Crippen LogP) is 1.36. The number of benzene rings is 1. The topological polar surface area (TPSA) is 79.0 Å². The number of ether oxygens (including phenoxy) is 1. The van der Waals surface area contributed by atoms with Crippen molar-refractivity contribution in [1.82, 2.24) is 15.1 Å². The monoisotopic (exact) mass is 365 g/mol. The fraction of sp³-hybridized carbons (Fsp3) is 0.471. The van der Waals surface area contributed by atoms with Gasteiger partial charge < -0.3 is 15.0 Å². The molecule has 7 nitrogen and oxygen atoms in total. The Bertz CT molecular complexity index is 688. The van der Waals surface area contributed by atoms with Gasteiger partial charge >= 0.3 is 6.03 Å². The van der Waals surface area contributed by atoms with Gasteiger partial charge in [0.05, 0.1) is 13.2 Å². The summed E-state index contributed by atoms with van der Waals surface area (Å²) in [6, 6.07) is 6.24. The van der Waals surface area contributed by atoms with E-state index in [-0.39, 0.29) is 12.5 Å². The minimum atomic E-state index is -1.16. The molecule has 0 bridgehead atoms. The second-order valence-electron chi connectivity index (χ2n) is 6.08. The van der Waals surface area contributed by atoms with Crippen LogP contribution in [0.15, 0.2) is 24.3 Å². The number of nitrogens with one attached hydrogen (secondary N) is 1. The summed E-state index contributed by atoms with van der Waals surface area (Å²) < 4.78 is 5.22. The van der Waals surface area contributed by atoms with Crippen LogP contribution in [-0.2, 0) is 19.9 Å². The van der Waals surface area contributed by atoms with Crippen LogP contribution in [-0.4, -0.2) is 60.5 Å². The molecule has 0 saturated carbocycles. The Balaban J connectivity index is 1.80. The zero-order chi connectivity index (χ0) is 18.0. The number of imide groups is 1. The number of urea groups is 1. The standard InChI is InChI=1S/C17H20ClN3O4/c1-2-17(12-3-5-13(18)6-4-12)15(23)21(16(24)19-17)11-14(22)20-7-9-25-10-8-20/h3-6H,2,7-11H2,1H3,(H,19,24)/t17-/m1/s1. The second kappa shape index (κ2) is 7.01. The van der Waals surface area contributed by atoms with E-state index in [1.807, 2.05) is 6.92 Å². The SMILES string of the molecule is CC[C@]1(c2ccc(Cl)cc2)NC(=O)N(CC(=O)N2CCOCC2)C1=O. The van der Waals surface area contributed by atoms with Crippen molar-refractivity contribution >= 4 is 29.4 Å². The summed E-state index contributed by atoms with van der Waals surface area (Å²) in [4.78, 5) is 40.4. The number of rotatable bonds is 4. The first-order chi connectivity index (χ1) is 12.0. The third-order valence-corrected chi connectivity index (χ3v) is 4.95. The maximum absolute atomic E-state index is 13.0. The van der Waals surface area contributed by atoms with Gasteiger partial charge in [-0.15, -0.1) is 0 Å². The summed E-state index contributed by atoms with van der Waals surface area (Å²) >= 11 is 5.91. The molecule has 0 unspecified atom stereocenters. The molecule has 25 heavy (non-hydrogen) atoms. The van der Waals surface area contributed by atoms with Crippen molar-refractivity contribution in [3.63, 3.8) is 0 Å². The lowest BCUT2D eigenvalue weighted by atomic mass is 9.87. The van der Waals surface area contributed by atoms with Crippen LogP contribution in [0.3, 0.4) is 0 Å². The molecule has 8 heteroatoms. The lowest BCUT2D eigenvalue weighted by molar-refractivity contribution is -0.141. The fourth-order valence-electron chi connectivity index (χ4n) is 3.19. The molecule has 0 aliphatic carbocycles. The molecule has 3 rings (SSSR count). The summed E-state index contributed by atoms with van der Waals surface area (Å²) in [7, 11) is 0. The Morgan fingerprint density at radius 2 is 1.88 bits per heavy atom. The third kappa shape index (κ3) is 3.21. The maximum Gasteiger partial charge on any atom is 0.325 e. The Labute approximate surface area is 150 Å². The van der Waals surface area contributed by atoms with E-state index in [9.17, 15) is 14.4 Å². The minimum Gasteiger partial charge on any atom is -0.378 e. The van der Waals surface area contributed by atoms with Crippen LogP contribution in [0.4, 0.5) is 4.79 Å². The molecule has 0 aromatic heterocycles. The number of hydrogen-bond donors (Lipinski definition) is 1. The highest BCUT2D eigenvalue weighted by Gasteiger charge is 2.51. The van der Waals surface area contributed by atoms with E-state index < -0.39 is 17.5 Å². The quantitative estimate of drug-likeness (QED) is 0.817. The van der Waals surface area contributed by atoms with Gasteiger partial charge in [-0.2, -0.15) is 0 Å². The van der Waals surface area contributed by atoms with Crippen LogP contribution >= 0.6 is 11.6 Å². The first-order valence-electron chi connectivity index (χ1n) is 8.23. The van der Waals surface area contributed by atoms with Crippen LogP contribution < -0.4 is 5.32 Å². The largest absolute Gasteiger partial charge is 0.378 e. The summed E-state index contributed by atoms with van der Waals surface area (Å²) in [5, 5.41) is 3.31. The van der Waals surface area contributed by atoms with E-state index in [4.69, 9.17) is 16.3 Å². The molecule has 0 radical (unpaired) electrons.